The summed E-state index contributed by atoms with van der Waals surface area (Å²) in [7, 11) is -1.31. The van der Waals surface area contributed by atoms with Crippen LogP contribution in [0.3, 0.4) is 0 Å². The average Bonchev–Trinajstić information content (AvgIpc) is 2.62. The number of anilines is 1. The summed E-state index contributed by atoms with van der Waals surface area (Å²) < 4.78 is 33.9. The zero-order valence-electron chi connectivity index (χ0n) is 14.3. The van der Waals surface area contributed by atoms with Gasteiger partial charge in [-0.1, -0.05) is 6.07 Å². The van der Waals surface area contributed by atoms with Gasteiger partial charge in [0.1, 0.15) is 6.10 Å². The molecule has 138 valence electrons. The zero-order chi connectivity index (χ0) is 17.9. The number of methoxy groups -OCH3 is 1. The van der Waals surface area contributed by atoms with Gasteiger partial charge in [0.05, 0.1) is 24.2 Å². The number of sulfone groups is 1. The second-order valence-electron chi connectivity index (χ2n) is 6.41. The highest BCUT2D eigenvalue weighted by molar-refractivity contribution is 7.91. The molecule has 0 saturated carbocycles. The number of nitrogens with one attached hydrogen (secondary N) is 1. The Morgan fingerprint density at radius 2 is 2.08 bits per heavy atom. The van der Waals surface area contributed by atoms with Crippen molar-refractivity contribution in [3.05, 3.63) is 29.8 Å². The summed E-state index contributed by atoms with van der Waals surface area (Å²) in [6.07, 6.45) is 0.571. The molecule has 2 atom stereocenters. The number of ether oxygens (including phenoxy) is 2. The molecule has 3 rings (SSSR count). The van der Waals surface area contributed by atoms with Crippen molar-refractivity contribution in [2.75, 3.05) is 49.8 Å². The van der Waals surface area contributed by atoms with Gasteiger partial charge in [0.25, 0.3) is 5.91 Å². The smallest absolute Gasteiger partial charge is 0.251 e. The molecule has 0 unspecified atom stereocenters. The van der Waals surface area contributed by atoms with Crippen molar-refractivity contribution in [1.82, 2.24) is 5.32 Å². The number of hydrogen-bond acceptors (Lipinski definition) is 6. The quantitative estimate of drug-likeness (QED) is 0.831. The molecule has 1 aromatic rings. The lowest BCUT2D eigenvalue weighted by molar-refractivity contribution is -0.0479. The van der Waals surface area contributed by atoms with E-state index in [4.69, 9.17) is 9.47 Å². The number of nitrogens with zero attached hydrogens (tertiary/aromatic N) is 1. The van der Waals surface area contributed by atoms with Crippen LogP contribution in [0.1, 0.15) is 16.8 Å². The number of benzene rings is 1. The van der Waals surface area contributed by atoms with Gasteiger partial charge >= 0.3 is 0 Å². The SMILES string of the molecule is CO[C@@H]1COCC[C@H]1NC(=O)c1cccc(N2CCS(=O)(=O)CC2)c1. The van der Waals surface area contributed by atoms with Crippen LogP contribution in [0.2, 0.25) is 0 Å². The first kappa shape index (κ1) is 18.2. The summed E-state index contributed by atoms with van der Waals surface area (Å²) in [5.41, 5.74) is 1.44. The van der Waals surface area contributed by atoms with E-state index in [1.54, 1.807) is 13.2 Å². The normalized spacial score (nSPS) is 26.2. The molecule has 7 nitrogen and oxygen atoms in total. The Hall–Kier alpha value is -1.64. The Kier molecular flexibility index (Phi) is 5.61. The van der Waals surface area contributed by atoms with Crippen molar-refractivity contribution in [2.24, 2.45) is 0 Å². The highest BCUT2D eigenvalue weighted by atomic mass is 32.2. The van der Waals surface area contributed by atoms with Crippen molar-refractivity contribution in [2.45, 2.75) is 18.6 Å². The van der Waals surface area contributed by atoms with Crippen molar-refractivity contribution in [3.8, 4) is 0 Å². The van der Waals surface area contributed by atoms with Crippen LogP contribution >= 0.6 is 0 Å². The minimum absolute atomic E-state index is 0.0740. The van der Waals surface area contributed by atoms with Crippen LogP contribution in [0.5, 0.6) is 0 Å². The summed E-state index contributed by atoms with van der Waals surface area (Å²) in [6.45, 7) is 2.00. The molecule has 0 bridgehead atoms. The predicted molar refractivity (Wildman–Crippen MR) is 94.8 cm³/mol. The van der Waals surface area contributed by atoms with E-state index >= 15 is 0 Å². The molecule has 1 amide bonds. The number of rotatable bonds is 4. The van der Waals surface area contributed by atoms with E-state index in [1.165, 1.54) is 0 Å². The first-order chi connectivity index (χ1) is 12.0. The molecule has 0 aromatic heterocycles. The fourth-order valence-corrected chi connectivity index (χ4v) is 4.38. The summed E-state index contributed by atoms with van der Waals surface area (Å²) in [4.78, 5) is 14.6. The average molecular weight is 368 g/mol. The minimum atomic E-state index is -2.93. The van der Waals surface area contributed by atoms with Crippen LogP contribution in [0.15, 0.2) is 24.3 Å². The molecule has 1 aromatic carbocycles. The van der Waals surface area contributed by atoms with Crippen molar-refractivity contribution < 1.29 is 22.7 Å². The molecule has 8 heteroatoms. The lowest BCUT2D eigenvalue weighted by Gasteiger charge is -2.31. The van der Waals surface area contributed by atoms with Crippen molar-refractivity contribution >= 4 is 21.4 Å². The molecule has 0 radical (unpaired) electrons. The third-order valence-electron chi connectivity index (χ3n) is 4.74. The van der Waals surface area contributed by atoms with Gasteiger partial charge in [-0.3, -0.25) is 4.79 Å². The van der Waals surface area contributed by atoms with Gasteiger partial charge in [-0.15, -0.1) is 0 Å². The van der Waals surface area contributed by atoms with Crippen LogP contribution in [0, 0.1) is 0 Å². The first-order valence-corrected chi connectivity index (χ1v) is 10.3. The maximum Gasteiger partial charge on any atom is 0.251 e. The van der Waals surface area contributed by atoms with Gasteiger partial charge in [-0.05, 0) is 24.6 Å². The van der Waals surface area contributed by atoms with E-state index < -0.39 is 9.84 Å². The van der Waals surface area contributed by atoms with Gasteiger partial charge in [0, 0.05) is 38.1 Å². The topological polar surface area (TPSA) is 84.9 Å². The van der Waals surface area contributed by atoms with Crippen LogP contribution in [-0.4, -0.2) is 71.4 Å². The van der Waals surface area contributed by atoms with Gasteiger partial charge in [0.2, 0.25) is 0 Å². The Bertz CT molecular complexity index is 708. The Labute approximate surface area is 148 Å². The lowest BCUT2D eigenvalue weighted by Crippen LogP contribution is -2.49. The molecule has 2 heterocycles. The van der Waals surface area contributed by atoms with E-state index in [0.717, 1.165) is 5.69 Å². The molecule has 0 spiro atoms. The maximum atomic E-state index is 12.6. The maximum absolute atomic E-state index is 12.6. The number of carbonyl (C=O) groups is 1. The van der Waals surface area contributed by atoms with Crippen molar-refractivity contribution in [1.29, 1.82) is 0 Å². The minimum Gasteiger partial charge on any atom is -0.379 e. The molecule has 2 aliphatic heterocycles. The third-order valence-corrected chi connectivity index (χ3v) is 6.35. The van der Waals surface area contributed by atoms with E-state index in [9.17, 15) is 13.2 Å². The highest BCUT2D eigenvalue weighted by Gasteiger charge is 2.27. The standard InChI is InChI=1S/C17H24N2O5S/c1-23-16-12-24-8-5-15(16)18-17(20)13-3-2-4-14(11-13)19-6-9-25(21,22)10-7-19/h2-4,11,15-16H,5-10,12H2,1H3,(H,18,20)/t15-,16-/m1/s1. The van der Waals surface area contributed by atoms with E-state index in [-0.39, 0.29) is 29.6 Å². The number of amides is 1. The Balaban J connectivity index is 1.67. The molecular formula is C17H24N2O5S. The van der Waals surface area contributed by atoms with Gasteiger partial charge < -0.3 is 19.7 Å². The number of carbonyl (C=O) groups excluding carboxylic acids is 1. The van der Waals surface area contributed by atoms with Crippen LogP contribution in [0.25, 0.3) is 0 Å². The molecule has 2 aliphatic rings. The predicted octanol–water partition coefficient (Wildman–Crippen LogP) is 0.455. The molecule has 2 saturated heterocycles. The Morgan fingerprint density at radius 1 is 1.32 bits per heavy atom. The van der Waals surface area contributed by atoms with Crippen molar-refractivity contribution in [3.63, 3.8) is 0 Å². The van der Waals surface area contributed by atoms with Gasteiger partial charge in [-0.25, -0.2) is 8.42 Å². The second-order valence-corrected chi connectivity index (χ2v) is 8.71. The van der Waals surface area contributed by atoms with E-state index in [1.807, 2.05) is 23.1 Å². The van der Waals surface area contributed by atoms with Crippen LogP contribution in [0.4, 0.5) is 5.69 Å². The first-order valence-electron chi connectivity index (χ1n) is 8.45. The summed E-state index contributed by atoms with van der Waals surface area (Å²) in [5.74, 6) is 0.155. The third kappa shape index (κ3) is 4.50. The largest absolute Gasteiger partial charge is 0.379 e. The summed E-state index contributed by atoms with van der Waals surface area (Å²) >= 11 is 0. The second kappa shape index (κ2) is 7.72. The summed E-state index contributed by atoms with van der Waals surface area (Å²) in [5, 5.41) is 3.02. The summed E-state index contributed by atoms with van der Waals surface area (Å²) in [6, 6.07) is 7.23. The van der Waals surface area contributed by atoms with Gasteiger partial charge in [0.15, 0.2) is 9.84 Å². The van der Waals surface area contributed by atoms with Gasteiger partial charge in [-0.2, -0.15) is 0 Å². The highest BCUT2D eigenvalue weighted by Crippen LogP contribution is 2.19. The number of hydrogen-bond donors (Lipinski definition) is 1. The van der Waals surface area contributed by atoms with E-state index in [2.05, 4.69) is 5.32 Å². The monoisotopic (exact) mass is 368 g/mol. The molecule has 0 aliphatic carbocycles. The fraction of sp³-hybridized carbons (Fsp3) is 0.588. The molecular weight excluding hydrogens is 344 g/mol. The van der Waals surface area contributed by atoms with Crippen LogP contribution < -0.4 is 10.2 Å². The Morgan fingerprint density at radius 3 is 2.80 bits per heavy atom. The zero-order valence-corrected chi connectivity index (χ0v) is 15.1. The lowest BCUT2D eigenvalue weighted by atomic mass is 10.0. The molecule has 25 heavy (non-hydrogen) atoms. The van der Waals surface area contributed by atoms with E-state index in [0.29, 0.717) is 38.3 Å². The molecule has 1 N–H and O–H groups in total. The molecule has 2 fully saturated rings. The fourth-order valence-electron chi connectivity index (χ4n) is 3.18. The van der Waals surface area contributed by atoms with Crippen LogP contribution in [-0.2, 0) is 19.3 Å².